The van der Waals surface area contributed by atoms with Gasteiger partial charge in [-0.25, -0.2) is 0 Å². The molecule has 1 aliphatic carbocycles. The number of rotatable bonds is 8. The lowest BCUT2D eigenvalue weighted by Crippen LogP contribution is -2.45. The highest BCUT2D eigenvalue weighted by molar-refractivity contribution is 5.81. The van der Waals surface area contributed by atoms with Crippen molar-refractivity contribution in [1.82, 2.24) is 10.2 Å². The van der Waals surface area contributed by atoms with E-state index in [0.717, 1.165) is 44.5 Å². The Labute approximate surface area is 163 Å². The van der Waals surface area contributed by atoms with E-state index in [1.165, 1.54) is 16.7 Å². The molecule has 27 heavy (non-hydrogen) atoms. The van der Waals surface area contributed by atoms with E-state index in [-0.39, 0.29) is 5.91 Å². The van der Waals surface area contributed by atoms with E-state index in [0.29, 0.717) is 31.2 Å². The van der Waals surface area contributed by atoms with Crippen LogP contribution in [0.15, 0.2) is 12.1 Å². The quantitative estimate of drug-likeness (QED) is 0.709. The van der Waals surface area contributed by atoms with Crippen LogP contribution in [-0.2, 0) is 9.53 Å². The number of hydrogen-bond acceptors (Lipinski definition) is 4. The summed E-state index contributed by atoms with van der Waals surface area (Å²) in [7, 11) is 1.69. The molecule has 0 bridgehead atoms. The molecular weight excluding hydrogens is 340 g/mol. The van der Waals surface area contributed by atoms with Crippen LogP contribution in [0.4, 0.5) is 0 Å². The number of nitrogens with zero attached hydrogens (tertiary/aromatic N) is 1. The SMILES string of the molecule is COCCOc1ccc(C(C)N2CCC(NC(=O)C3CC3)CC2)c(C)c1C. The monoisotopic (exact) mass is 374 g/mol. The number of hydrogen-bond donors (Lipinski definition) is 1. The van der Waals surface area contributed by atoms with Crippen LogP contribution in [0.3, 0.4) is 0 Å². The molecule has 1 aliphatic heterocycles. The highest BCUT2D eigenvalue weighted by Gasteiger charge is 2.32. The fourth-order valence-corrected chi connectivity index (χ4v) is 3.95. The third-order valence-electron chi connectivity index (χ3n) is 6.15. The van der Waals surface area contributed by atoms with E-state index in [4.69, 9.17) is 9.47 Å². The number of carbonyl (C=O) groups excluding carboxylic acids is 1. The van der Waals surface area contributed by atoms with E-state index in [1.54, 1.807) is 7.11 Å². The van der Waals surface area contributed by atoms with E-state index in [1.807, 2.05) is 0 Å². The number of nitrogens with one attached hydrogen (secondary N) is 1. The molecule has 1 heterocycles. The van der Waals surface area contributed by atoms with Gasteiger partial charge in [0.2, 0.25) is 5.91 Å². The van der Waals surface area contributed by atoms with Crippen molar-refractivity contribution >= 4 is 5.91 Å². The minimum Gasteiger partial charge on any atom is -0.491 e. The van der Waals surface area contributed by atoms with Crippen LogP contribution in [-0.4, -0.2) is 50.3 Å². The molecule has 1 atom stereocenters. The summed E-state index contributed by atoms with van der Waals surface area (Å²) in [6.45, 7) is 9.84. The predicted molar refractivity (Wildman–Crippen MR) is 107 cm³/mol. The fraction of sp³-hybridized carbons (Fsp3) is 0.682. The van der Waals surface area contributed by atoms with Gasteiger partial charge >= 0.3 is 0 Å². The molecule has 1 saturated heterocycles. The summed E-state index contributed by atoms with van der Waals surface area (Å²) in [4.78, 5) is 14.5. The second-order valence-corrected chi connectivity index (χ2v) is 8.01. The van der Waals surface area contributed by atoms with E-state index < -0.39 is 0 Å². The number of amides is 1. The van der Waals surface area contributed by atoms with Gasteiger partial charge in [0.25, 0.3) is 0 Å². The lowest BCUT2D eigenvalue weighted by Gasteiger charge is -2.37. The fourth-order valence-electron chi connectivity index (χ4n) is 3.95. The van der Waals surface area contributed by atoms with Crippen molar-refractivity contribution < 1.29 is 14.3 Å². The molecule has 5 nitrogen and oxygen atoms in total. The summed E-state index contributed by atoms with van der Waals surface area (Å²) in [5, 5.41) is 3.24. The van der Waals surface area contributed by atoms with Gasteiger partial charge in [0, 0.05) is 38.2 Å². The van der Waals surface area contributed by atoms with E-state index in [2.05, 4.69) is 43.1 Å². The first-order valence-electron chi connectivity index (χ1n) is 10.3. The molecule has 2 aliphatic rings. The summed E-state index contributed by atoms with van der Waals surface area (Å²) >= 11 is 0. The Morgan fingerprint density at radius 3 is 2.48 bits per heavy atom. The maximum Gasteiger partial charge on any atom is 0.223 e. The van der Waals surface area contributed by atoms with Crippen LogP contribution in [0.1, 0.15) is 55.3 Å². The Hall–Kier alpha value is -1.59. The highest BCUT2D eigenvalue weighted by atomic mass is 16.5. The molecule has 1 amide bonds. The minimum absolute atomic E-state index is 0.275. The van der Waals surface area contributed by atoms with Crippen molar-refractivity contribution in [2.24, 2.45) is 5.92 Å². The van der Waals surface area contributed by atoms with Gasteiger partial charge in [-0.2, -0.15) is 0 Å². The van der Waals surface area contributed by atoms with Crippen LogP contribution in [0.25, 0.3) is 0 Å². The Morgan fingerprint density at radius 1 is 1.15 bits per heavy atom. The maximum absolute atomic E-state index is 12.0. The third-order valence-corrected chi connectivity index (χ3v) is 6.15. The van der Waals surface area contributed by atoms with Gasteiger partial charge in [-0.3, -0.25) is 9.69 Å². The average Bonchev–Trinajstić information content (AvgIpc) is 3.51. The third kappa shape index (κ3) is 5.02. The predicted octanol–water partition coefficient (Wildman–Crippen LogP) is 3.38. The smallest absolute Gasteiger partial charge is 0.223 e. The Bertz CT molecular complexity index is 649. The molecule has 1 saturated carbocycles. The van der Waals surface area contributed by atoms with Crippen molar-refractivity contribution in [3.05, 3.63) is 28.8 Å². The number of piperidine rings is 1. The zero-order chi connectivity index (χ0) is 19.4. The topological polar surface area (TPSA) is 50.8 Å². The molecule has 1 unspecified atom stereocenters. The first kappa shape index (κ1) is 20.2. The molecule has 1 aromatic rings. The van der Waals surface area contributed by atoms with Crippen molar-refractivity contribution in [2.75, 3.05) is 33.4 Å². The first-order chi connectivity index (χ1) is 13.0. The number of benzene rings is 1. The Balaban J connectivity index is 1.56. The normalized spacial score (nSPS) is 19.7. The Kier molecular flexibility index (Phi) is 6.77. The number of likely N-dealkylation sites (tertiary alicyclic amines) is 1. The maximum atomic E-state index is 12.0. The largest absolute Gasteiger partial charge is 0.491 e. The van der Waals surface area contributed by atoms with Gasteiger partial charge < -0.3 is 14.8 Å². The van der Waals surface area contributed by atoms with Gasteiger partial charge in [-0.15, -0.1) is 0 Å². The summed E-state index contributed by atoms with van der Waals surface area (Å²) in [6, 6.07) is 5.01. The van der Waals surface area contributed by atoms with Gasteiger partial charge in [0.15, 0.2) is 0 Å². The average molecular weight is 375 g/mol. The molecule has 150 valence electrons. The number of carbonyl (C=O) groups is 1. The lowest BCUT2D eigenvalue weighted by atomic mass is 9.94. The molecule has 5 heteroatoms. The van der Waals surface area contributed by atoms with Crippen molar-refractivity contribution in [3.63, 3.8) is 0 Å². The van der Waals surface area contributed by atoms with Crippen LogP contribution in [0.5, 0.6) is 5.75 Å². The van der Waals surface area contributed by atoms with Crippen molar-refractivity contribution in [1.29, 1.82) is 0 Å². The molecule has 3 rings (SSSR count). The summed E-state index contributed by atoms with van der Waals surface area (Å²) in [6.07, 6.45) is 4.23. The molecule has 1 N–H and O–H groups in total. The van der Waals surface area contributed by atoms with Crippen LogP contribution >= 0.6 is 0 Å². The van der Waals surface area contributed by atoms with Gasteiger partial charge in [-0.1, -0.05) is 6.07 Å². The molecular formula is C22H34N2O3. The zero-order valence-corrected chi connectivity index (χ0v) is 17.2. The van der Waals surface area contributed by atoms with Gasteiger partial charge in [-0.05, 0) is 69.2 Å². The lowest BCUT2D eigenvalue weighted by molar-refractivity contribution is -0.123. The summed E-state index contributed by atoms with van der Waals surface area (Å²) < 4.78 is 10.9. The zero-order valence-electron chi connectivity index (χ0n) is 17.2. The van der Waals surface area contributed by atoms with Crippen LogP contribution in [0, 0.1) is 19.8 Å². The summed E-state index contributed by atoms with van der Waals surface area (Å²) in [5.74, 6) is 1.52. The van der Waals surface area contributed by atoms with E-state index in [9.17, 15) is 4.79 Å². The highest BCUT2D eigenvalue weighted by Crippen LogP contribution is 2.33. The van der Waals surface area contributed by atoms with Gasteiger partial charge in [0.1, 0.15) is 12.4 Å². The standard InChI is InChI=1S/C22H34N2O3/c1-15-16(2)21(27-14-13-26-4)8-7-20(15)17(3)24-11-9-19(10-12-24)23-22(25)18-5-6-18/h7-8,17-19H,5-6,9-14H2,1-4H3,(H,23,25). The van der Waals surface area contributed by atoms with Crippen LogP contribution in [0.2, 0.25) is 0 Å². The van der Waals surface area contributed by atoms with E-state index >= 15 is 0 Å². The number of methoxy groups -OCH3 is 1. The number of ether oxygens (including phenoxy) is 2. The van der Waals surface area contributed by atoms with Crippen molar-refractivity contribution in [3.8, 4) is 5.75 Å². The molecule has 1 aromatic carbocycles. The molecule has 0 radical (unpaired) electrons. The van der Waals surface area contributed by atoms with Gasteiger partial charge in [0.05, 0.1) is 6.61 Å². The van der Waals surface area contributed by atoms with Crippen molar-refractivity contribution in [2.45, 2.75) is 58.5 Å². The molecule has 2 fully saturated rings. The minimum atomic E-state index is 0.275. The first-order valence-corrected chi connectivity index (χ1v) is 10.3. The van der Waals surface area contributed by atoms with Crippen LogP contribution < -0.4 is 10.1 Å². The molecule has 0 aromatic heterocycles. The second kappa shape index (κ2) is 9.07. The molecule has 0 spiro atoms. The second-order valence-electron chi connectivity index (χ2n) is 8.01. The Morgan fingerprint density at radius 2 is 1.85 bits per heavy atom. The summed E-state index contributed by atoms with van der Waals surface area (Å²) in [5.41, 5.74) is 3.88.